The summed E-state index contributed by atoms with van der Waals surface area (Å²) >= 11 is 1.76. The third kappa shape index (κ3) is 2.54. The van der Waals surface area contributed by atoms with Crippen molar-refractivity contribution in [2.45, 2.75) is 32.0 Å². The minimum absolute atomic E-state index is 0.792. The molecule has 0 radical (unpaired) electrons. The molecule has 84 valence electrons. The van der Waals surface area contributed by atoms with Crippen molar-refractivity contribution < 1.29 is 0 Å². The molecule has 2 heterocycles. The molecule has 0 aliphatic heterocycles. The molecule has 0 saturated heterocycles. The van der Waals surface area contributed by atoms with E-state index < -0.39 is 0 Å². The van der Waals surface area contributed by atoms with Crippen molar-refractivity contribution in [3.05, 3.63) is 46.4 Å². The van der Waals surface area contributed by atoms with Gasteiger partial charge in [-0.2, -0.15) is 11.3 Å². The lowest BCUT2D eigenvalue weighted by Crippen LogP contribution is -2.14. The van der Waals surface area contributed by atoms with Gasteiger partial charge < -0.3 is 9.88 Å². The van der Waals surface area contributed by atoms with E-state index in [0.717, 1.165) is 19.1 Å². The molecule has 1 fully saturated rings. The lowest BCUT2D eigenvalue weighted by molar-refractivity contribution is 0.685. The fraction of sp³-hybridized carbons (Fsp3) is 0.385. The van der Waals surface area contributed by atoms with E-state index in [1.807, 2.05) is 0 Å². The lowest BCUT2D eigenvalue weighted by atomic mass is 10.3. The smallest absolute Gasteiger partial charge is 0.0478 e. The van der Waals surface area contributed by atoms with Crippen LogP contribution in [0.4, 0.5) is 0 Å². The van der Waals surface area contributed by atoms with Crippen molar-refractivity contribution in [3.63, 3.8) is 0 Å². The van der Waals surface area contributed by atoms with Crippen molar-refractivity contribution in [1.29, 1.82) is 0 Å². The molecule has 1 N–H and O–H groups in total. The van der Waals surface area contributed by atoms with Gasteiger partial charge in [-0.05, 0) is 46.9 Å². The molecule has 0 aromatic carbocycles. The van der Waals surface area contributed by atoms with E-state index in [4.69, 9.17) is 0 Å². The Balaban J connectivity index is 1.58. The van der Waals surface area contributed by atoms with Gasteiger partial charge in [0, 0.05) is 31.5 Å². The minimum Gasteiger partial charge on any atom is -0.350 e. The second-order valence-corrected chi connectivity index (χ2v) is 5.26. The predicted octanol–water partition coefficient (Wildman–Crippen LogP) is 2.85. The number of rotatable bonds is 5. The first-order valence-electron chi connectivity index (χ1n) is 5.79. The first kappa shape index (κ1) is 10.1. The van der Waals surface area contributed by atoms with Crippen LogP contribution < -0.4 is 5.32 Å². The van der Waals surface area contributed by atoms with Crippen LogP contribution in [0.25, 0.3) is 0 Å². The largest absolute Gasteiger partial charge is 0.350 e. The average molecular weight is 232 g/mol. The summed E-state index contributed by atoms with van der Waals surface area (Å²) < 4.78 is 2.26. The van der Waals surface area contributed by atoms with Crippen LogP contribution in [-0.2, 0) is 13.1 Å². The minimum atomic E-state index is 0.792. The first-order chi connectivity index (χ1) is 7.90. The number of hydrogen-bond donors (Lipinski definition) is 1. The molecule has 1 saturated carbocycles. The Morgan fingerprint density at radius 1 is 1.31 bits per heavy atom. The SMILES string of the molecule is c1cc(Cn2ccc(CNC3CC3)c2)cs1. The van der Waals surface area contributed by atoms with Gasteiger partial charge in [0.15, 0.2) is 0 Å². The zero-order valence-corrected chi connectivity index (χ0v) is 10.0. The topological polar surface area (TPSA) is 17.0 Å². The number of hydrogen-bond acceptors (Lipinski definition) is 2. The molecule has 1 aliphatic rings. The Morgan fingerprint density at radius 2 is 2.25 bits per heavy atom. The van der Waals surface area contributed by atoms with Crippen LogP contribution in [-0.4, -0.2) is 10.6 Å². The molecule has 16 heavy (non-hydrogen) atoms. The van der Waals surface area contributed by atoms with Crippen LogP contribution in [0.3, 0.4) is 0 Å². The molecule has 3 rings (SSSR count). The van der Waals surface area contributed by atoms with Gasteiger partial charge >= 0.3 is 0 Å². The maximum absolute atomic E-state index is 3.53. The monoisotopic (exact) mass is 232 g/mol. The van der Waals surface area contributed by atoms with Gasteiger partial charge in [0.25, 0.3) is 0 Å². The van der Waals surface area contributed by atoms with Crippen molar-refractivity contribution in [1.82, 2.24) is 9.88 Å². The molecule has 0 spiro atoms. The van der Waals surface area contributed by atoms with Crippen LogP contribution in [0.2, 0.25) is 0 Å². The molecule has 0 atom stereocenters. The van der Waals surface area contributed by atoms with E-state index in [0.29, 0.717) is 0 Å². The normalized spacial score (nSPS) is 15.5. The summed E-state index contributed by atoms with van der Waals surface area (Å²) in [5.41, 5.74) is 2.78. The third-order valence-electron chi connectivity index (χ3n) is 2.93. The summed E-state index contributed by atoms with van der Waals surface area (Å²) in [6.07, 6.45) is 7.12. The molecular formula is C13H16N2S. The molecular weight excluding hydrogens is 216 g/mol. The Labute approximate surface area is 99.9 Å². The van der Waals surface area contributed by atoms with E-state index in [1.54, 1.807) is 11.3 Å². The fourth-order valence-corrected chi connectivity index (χ4v) is 2.50. The van der Waals surface area contributed by atoms with Gasteiger partial charge in [-0.25, -0.2) is 0 Å². The highest BCUT2D eigenvalue weighted by molar-refractivity contribution is 7.07. The van der Waals surface area contributed by atoms with Crippen molar-refractivity contribution in [3.8, 4) is 0 Å². The maximum Gasteiger partial charge on any atom is 0.0478 e. The van der Waals surface area contributed by atoms with Gasteiger partial charge in [0.05, 0.1) is 0 Å². The summed E-state index contributed by atoms with van der Waals surface area (Å²) in [6, 6.07) is 5.19. The molecule has 2 aromatic rings. The predicted molar refractivity (Wildman–Crippen MR) is 67.7 cm³/mol. The standard InChI is InChI=1S/C13H16N2S/c1-2-13(1)14-7-11-3-5-15(8-11)9-12-4-6-16-10-12/h3-6,8,10,13-14H,1-2,7,9H2. The molecule has 1 aliphatic carbocycles. The van der Waals surface area contributed by atoms with Crippen molar-refractivity contribution >= 4 is 11.3 Å². The summed E-state index contributed by atoms with van der Waals surface area (Å²) in [4.78, 5) is 0. The molecule has 3 heteroatoms. The molecule has 0 unspecified atom stereocenters. The highest BCUT2D eigenvalue weighted by Gasteiger charge is 2.19. The fourth-order valence-electron chi connectivity index (χ4n) is 1.84. The van der Waals surface area contributed by atoms with Crippen LogP contribution >= 0.6 is 11.3 Å². The van der Waals surface area contributed by atoms with E-state index in [-0.39, 0.29) is 0 Å². The first-order valence-corrected chi connectivity index (χ1v) is 6.73. The Bertz CT molecular complexity index is 440. The molecule has 2 nitrogen and oxygen atoms in total. The molecule has 0 bridgehead atoms. The number of aromatic nitrogens is 1. The molecule has 0 amide bonds. The van der Waals surface area contributed by atoms with Crippen LogP contribution in [0.1, 0.15) is 24.0 Å². The number of nitrogens with one attached hydrogen (secondary N) is 1. The van der Waals surface area contributed by atoms with Gasteiger partial charge in [0.1, 0.15) is 0 Å². The van der Waals surface area contributed by atoms with E-state index in [1.165, 1.54) is 24.0 Å². The summed E-state index contributed by atoms with van der Waals surface area (Å²) in [7, 11) is 0. The number of nitrogens with zero attached hydrogens (tertiary/aromatic N) is 1. The van der Waals surface area contributed by atoms with Crippen LogP contribution in [0.5, 0.6) is 0 Å². The van der Waals surface area contributed by atoms with Crippen molar-refractivity contribution in [2.75, 3.05) is 0 Å². The second-order valence-electron chi connectivity index (χ2n) is 4.48. The highest BCUT2D eigenvalue weighted by Crippen LogP contribution is 2.19. The number of thiophene rings is 1. The average Bonchev–Trinajstić information content (AvgIpc) is 2.78. The highest BCUT2D eigenvalue weighted by atomic mass is 32.1. The van der Waals surface area contributed by atoms with E-state index >= 15 is 0 Å². The summed E-state index contributed by atoms with van der Waals surface area (Å²) in [5, 5.41) is 7.88. The summed E-state index contributed by atoms with van der Waals surface area (Å²) in [5.74, 6) is 0. The third-order valence-corrected chi connectivity index (χ3v) is 3.66. The van der Waals surface area contributed by atoms with E-state index in [9.17, 15) is 0 Å². The second kappa shape index (κ2) is 4.44. The zero-order valence-electron chi connectivity index (χ0n) is 9.23. The van der Waals surface area contributed by atoms with Crippen LogP contribution in [0.15, 0.2) is 35.3 Å². The van der Waals surface area contributed by atoms with E-state index in [2.05, 4.69) is 45.2 Å². The lowest BCUT2D eigenvalue weighted by Gasteiger charge is -2.01. The van der Waals surface area contributed by atoms with Gasteiger partial charge in [-0.1, -0.05) is 0 Å². The Hall–Kier alpha value is -1.06. The molecule has 2 aromatic heterocycles. The Kier molecular flexibility index (Phi) is 2.80. The quantitative estimate of drug-likeness (QED) is 0.839. The van der Waals surface area contributed by atoms with Gasteiger partial charge in [0.2, 0.25) is 0 Å². The van der Waals surface area contributed by atoms with Crippen LogP contribution in [0, 0.1) is 0 Å². The van der Waals surface area contributed by atoms with Crippen molar-refractivity contribution in [2.24, 2.45) is 0 Å². The van der Waals surface area contributed by atoms with Gasteiger partial charge in [-0.15, -0.1) is 0 Å². The zero-order chi connectivity index (χ0) is 10.8. The Morgan fingerprint density at radius 3 is 3.00 bits per heavy atom. The van der Waals surface area contributed by atoms with Gasteiger partial charge in [-0.3, -0.25) is 0 Å². The maximum atomic E-state index is 3.53. The summed E-state index contributed by atoms with van der Waals surface area (Å²) in [6.45, 7) is 2.01.